The standard InChI is InChI=1S/C7H9FN2O2.CH3F/c1-3-12-7(11)6-4-10(8)9-5(6)2;1-2/h4H,3H2,1-2H3;1H3. The van der Waals surface area contributed by atoms with E-state index in [-0.39, 0.29) is 17.1 Å². The van der Waals surface area contributed by atoms with E-state index in [1.807, 2.05) is 0 Å². The van der Waals surface area contributed by atoms with Crippen molar-refractivity contribution in [2.45, 2.75) is 13.8 Å². The van der Waals surface area contributed by atoms with Crippen LogP contribution in [-0.2, 0) is 4.74 Å². The molecule has 0 spiro atoms. The van der Waals surface area contributed by atoms with E-state index in [4.69, 9.17) is 0 Å². The quantitative estimate of drug-likeness (QED) is 0.691. The summed E-state index contributed by atoms with van der Waals surface area (Å²) in [4.78, 5) is 11.1. The molecule has 4 nitrogen and oxygen atoms in total. The molecule has 80 valence electrons. The Morgan fingerprint density at radius 3 is 2.57 bits per heavy atom. The molecule has 0 aliphatic rings. The highest BCUT2D eigenvalue weighted by atomic mass is 19.2. The van der Waals surface area contributed by atoms with Gasteiger partial charge in [0.25, 0.3) is 0 Å². The van der Waals surface area contributed by atoms with Crippen molar-refractivity contribution in [2.24, 2.45) is 0 Å². The number of aryl methyl sites for hydroxylation is 1. The van der Waals surface area contributed by atoms with Crippen LogP contribution < -0.4 is 0 Å². The molecule has 1 heterocycles. The number of aromatic nitrogens is 2. The second-order valence-corrected chi connectivity index (χ2v) is 2.24. The molecule has 14 heavy (non-hydrogen) atoms. The number of nitrogens with zero attached hydrogens (tertiary/aromatic N) is 2. The highest BCUT2D eigenvalue weighted by molar-refractivity contribution is 5.90. The van der Waals surface area contributed by atoms with Gasteiger partial charge in [-0.05, 0) is 13.8 Å². The lowest BCUT2D eigenvalue weighted by Crippen LogP contribution is -2.04. The van der Waals surface area contributed by atoms with E-state index in [9.17, 15) is 13.7 Å². The van der Waals surface area contributed by atoms with Gasteiger partial charge in [-0.25, -0.2) is 4.79 Å². The van der Waals surface area contributed by atoms with Gasteiger partial charge >= 0.3 is 5.97 Å². The minimum absolute atomic E-state index is 0.0988. The summed E-state index contributed by atoms with van der Waals surface area (Å²) in [5.41, 5.74) is 0.496. The minimum atomic E-state index is -0.543. The van der Waals surface area contributed by atoms with Crippen molar-refractivity contribution in [3.63, 3.8) is 0 Å². The average molecular weight is 206 g/mol. The van der Waals surface area contributed by atoms with Gasteiger partial charge in [-0.3, -0.25) is 4.39 Å². The lowest BCUT2D eigenvalue weighted by molar-refractivity contribution is 0.0525. The zero-order valence-electron chi connectivity index (χ0n) is 8.25. The Kier molecular flexibility index (Phi) is 5.43. The first-order valence-electron chi connectivity index (χ1n) is 3.92. The van der Waals surface area contributed by atoms with E-state index in [1.165, 1.54) is 0 Å². The summed E-state index contributed by atoms with van der Waals surface area (Å²) in [5, 5.41) is 3.36. The maximum Gasteiger partial charge on any atom is 0.341 e. The maximum atomic E-state index is 12.4. The van der Waals surface area contributed by atoms with Crippen LogP contribution in [0.3, 0.4) is 0 Å². The van der Waals surface area contributed by atoms with Crippen LogP contribution in [0.2, 0.25) is 0 Å². The van der Waals surface area contributed by atoms with Gasteiger partial charge in [0.2, 0.25) is 0 Å². The number of esters is 1. The molecular formula is C8H12F2N2O2. The molecule has 0 aromatic carbocycles. The summed E-state index contributed by atoms with van der Waals surface area (Å²) < 4.78 is 26.5. The molecule has 1 aromatic heterocycles. The number of halogens is 2. The van der Waals surface area contributed by atoms with Gasteiger partial charge in [-0.15, -0.1) is 10.0 Å². The molecule has 0 unspecified atom stereocenters. The molecule has 0 atom stereocenters. The lowest BCUT2D eigenvalue weighted by atomic mass is 10.3. The van der Waals surface area contributed by atoms with Crippen molar-refractivity contribution in [1.82, 2.24) is 10.0 Å². The van der Waals surface area contributed by atoms with Crippen LogP contribution in [-0.4, -0.2) is 29.8 Å². The van der Waals surface area contributed by atoms with Crippen LogP contribution in [0.1, 0.15) is 23.0 Å². The van der Waals surface area contributed by atoms with Crippen molar-refractivity contribution < 1.29 is 18.4 Å². The zero-order chi connectivity index (χ0) is 11.1. The van der Waals surface area contributed by atoms with Gasteiger partial charge in [-0.2, -0.15) is 0 Å². The average Bonchev–Trinajstić information content (AvgIpc) is 2.49. The number of hydrogen-bond acceptors (Lipinski definition) is 3. The number of carbonyl (C=O) groups is 1. The highest BCUT2D eigenvalue weighted by Crippen LogP contribution is 2.06. The molecule has 6 heteroatoms. The van der Waals surface area contributed by atoms with Crippen LogP contribution in [0.4, 0.5) is 8.87 Å². The van der Waals surface area contributed by atoms with Gasteiger partial charge in [0.05, 0.1) is 25.7 Å². The molecule has 1 aromatic rings. The number of rotatable bonds is 2. The van der Waals surface area contributed by atoms with E-state index >= 15 is 0 Å². The monoisotopic (exact) mass is 206 g/mol. The van der Waals surface area contributed by atoms with Gasteiger partial charge in [0.1, 0.15) is 5.56 Å². The molecule has 0 saturated carbocycles. The Morgan fingerprint density at radius 2 is 2.21 bits per heavy atom. The fourth-order valence-corrected chi connectivity index (χ4v) is 0.835. The van der Waals surface area contributed by atoms with Gasteiger partial charge in [0, 0.05) is 0 Å². The minimum Gasteiger partial charge on any atom is -0.462 e. The number of hydrogen-bond donors (Lipinski definition) is 0. The number of carbonyl (C=O) groups excluding carboxylic acids is 1. The summed E-state index contributed by atoms with van der Waals surface area (Å²) in [6, 6.07) is 0. The largest absolute Gasteiger partial charge is 0.462 e. The van der Waals surface area contributed by atoms with Crippen molar-refractivity contribution >= 4 is 5.97 Å². The fraction of sp³-hybridized carbons (Fsp3) is 0.500. The molecule has 0 amide bonds. The van der Waals surface area contributed by atoms with Crippen LogP contribution in [0, 0.1) is 6.92 Å². The van der Waals surface area contributed by atoms with E-state index < -0.39 is 5.97 Å². The first-order valence-corrected chi connectivity index (χ1v) is 3.92. The predicted octanol–water partition coefficient (Wildman–Crippen LogP) is 1.69. The number of ether oxygens (including phenoxy) is 1. The predicted molar refractivity (Wildman–Crippen MR) is 46.5 cm³/mol. The van der Waals surface area contributed by atoms with E-state index in [0.717, 1.165) is 6.20 Å². The Bertz CT molecular complexity index is 300. The van der Waals surface area contributed by atoms with Crippen LogP contribution >= 0.6 is 0 Å². The highest BCUT2D eigenvalue weighted by Gasteiger charge is 2.13. The Labute approximate surface area is 80.4 Å². The molecular weight excluding hydrogens is 194 g/mol. The van der Waals surface area contributed by atoms with Crippen molar-refractivity contribution in [1.29, 1.82) is 0 Å². The van der Waals surface area contributed by atoms with Crippen molar-refractivity contribution in [3.8, 4) is 0 Å². The summed E-state index contributed by atoms with van der Waals surface area (Å²) in [7, 11) is 0.500. The molecule has 0 aliphatic carbocycles. The first kappa shape index (κ1) is 12.5. The third-order valence-electron chi connectivity index (χ3n) is 1.37. The van der Waals surface area contributed by atoms with Crippen LogP contribution in [0.15, 0.2) is 6.20 Å². The Hall–Kier alpha value is -1.46. The van der Waals surface area contributed by atoms with E-state index in [1.54, 1.807) is 13.8 Å². The SMILES string of the molecule is CCOC(=O)c1cn(F)nc1C.CF. The lowest BCUT2D eigenvalue weighted by Gasteiger charge is -1.97. The van der Waals surface area contributed by atoms with E-state index in [2.05, 4.69) is 9.84 Å². The molecule has 0 aliphatic heterocycles. The van der Waals surface area contributed by atoms with Gasteiger partial charge in [-0.1, -0.05) is 4.48 Å². The Balaban J connectivity index is 0.000000791. The Morgan fingerprint density at radius 1 is 1.64 bits per heavy atom. The molecule has 1 rings (SSSR count). The molecule has 0 saturated heterocycles. The van der Waals surface area contributed by atoms with Crippen molar-refractivity contribution in [2.75, 3.05) is 13.8 Å². The maximum absolute atomic E-state index is 12.4. The molecule has 0 radical (unpaired) electrons. The van der Waals surface area contributed by atoms with E-state index in [0.29, 0.717) is 12.9 Å². The summed E-state index contributed by atoms with van der Waals surface area (Å²) in [5.74, 6) is -0.543. The second-order valence-electron chi connectivity index (χ2n) is 2.24. The first-order chi connectivity index (χ1) is 6.65. The van der Waals surface area contributed by atoms with Crippen molar-refractivity contribution in [3.05, 3.63) is 17.5 Å². The van der Waals surface area contributed by atoms with Gasteiger partial charge < -0.3 is 4.74 Å². The second kappa shape index (κ2) is 6.06. The topological polar surface area (TPSA) is 44.1 Å². The molecule has 0 fully saturated rings. The van der Waals surface area contributed by atoms with Gasteiger partial charge in [0.15, 0.2) is 0 Å². The molecule has 0 bridgehead atoms. The zero-order valence-corrected chi connectivity index (χ0v) is 8.25. The third kappa shape index (κ3) is 3.12. The number of alkyl halides is 1. The van der Waals surface area contributed by atoms with Crippen LogP contribution in [0.5, 0.6) is 0 Å². The summed E-state index contributed by atoms with van der Waals surface area (Å²) >= 11 is 0. The normalized spacial score (nSPS) is 8.93. The summed E-state index contributed by atoms with van der Waals surface area (Å²) in [6.07, 6.45) is 0.993. The fourth-order valence-electron chi connectivity index (χ4n) is 0.835. The molecule has 0 N–H and O–H groups in total. The third-order valence-corrected chi connectivity index (χ3v) is 1.37. The summed E-state index contributed by atoms with van der Waals surface area (Å²) in [6.45, 7) is 3.51. The van der Waals surface area contributed by atoms with Crippen LogP contribution in [0.25, 0.3) is 0 Å². The smallest absolute Gasteiger partial charge is 0.341 e.